The number of carbonyl (C=O) groups is 2. The Balaban J connectivity index is 1.70. The quantitative estimate of drug-likeness (QED) is 0.689. The maximum absolute atomic E-state index is 12.2. The lowest BCUT2D eigenvalue weighted by atomic mass is 10.2. The van der Waals surface area contributed by atoms with Crippen LogP contribution in [0.4, 0.5) is 0 Å². The summed E-state index contributed by atoms with van der Waals surface area (Å²) in [5, 5.41) is 9.03. The number of rotatable bonds is 9. The molecule has 6 nitrogen and oxygen atoms in total. The number of amides is 1. The Morgan fingerprint density at radius 3 is 2.62 bits per heavy atom. The lowest BCUT2D eigenvalue weighted by Crippen LogP contribution is -2.25. The van der Waals surface area contributed by atoms with Gasteiger partial charge < -0.3 is 19.2 Å². The lowest BCUT2D eigenvalue weighted by molar-refractivity contribution is -0.130. The second-order valence-corrected chi connectivity index (χ2v) is 6.36. The van der Waals surface area contributed by atoms with Gasteiger partial charge in [0.1, 0.15) is 22.8 Å². The van der Waals surface area contributed by atoms with E-state index in [0.29, 0.717) is 24.5 Å². The maximum Gasteiger partial charge on any atom is 0.339 e. The molecule has 1 aromatic heterocycles. The summed E-state index contributed by atoms with van der Waals surface area (Å²) in [5.41, 5.74) is 1.28. The van der Waals surface area contributed by atoms with Crippen LogP contribution >= 0.6 is 0 Å². The van der Waals surface area contributed by atoms with Crippen LogP contribution in [-0.2, 0) is 11.3 Å². The van der Waals surface area contributed by atoms with Crippen LogP contribution in [0.1, 0.15) is 46.7 Å². The average Bonchev–Trinajstić information content (AvgIpc) is 2.95. The van der Waals surface area contributed by atoms with Crippen LogP contribution in [-0.4, -0.2) is 35.5 Å². The third kappa shape index (κ3) is 5.65. The Kier molecular flexibility index (Phi) is 6.83. The third-order valence-corrected chi connectivity index (χ3v) is 4.06. The smallest absolute Gasteiger partial charge is 0.339 e. The van der Waals surface area contributed by atoms with Crippen molar-refractivity contribution < 1.29 is 23.8 Å². The largest absolute Gasteiger partial charge is 0.494 e. The number of carbonyl (C=O) groups excluding carboxylic acids is 1. The fourth-order valence-corrected chi connectivity index (χ4v) is 2.62. The Hall–Kier alpha value is -2.76. The van der Waals surface area contributed by atoms with Crippen molar-refractivity contribution in [2.24, 2.45) is 0 Å². The molecule has 0 aliphatic carbocycles. The van der Waals surface area contributed by atoms with Gasteiger partial charge in [0.25, 0.3) is 0 Å². The van der Waals surface area contributed by atoms with Crippen molar-refractivity contribution in [1.82, 2.24) is 4.90 Å². The van der Waals surface area contributed by atoms with Crippen molar-refractivity contribution in [2.75, 3.05) is 13.7 Å². The van der Waals surface area contributed by atoms with Crippen LogP contribution < -0.4 is 4.74 Å². The number of carboxylic acid groups (broad SMARTS) is 1. The number of furan rings is 1. The summed E-state index contributed by atoms with van der Waals surface area (Å²) in [7, 11) is 1.68. The first-order chi connectivity index (χ1) is 12.4. The molecule has 0 aliphatic rings. The fourth-order valence-electron chi connectivity index (χ4n) is 2.62. The van der Waals surface area contributed by atoms with E-state index in [1.807, 2.05) is 31.2 Å². The highest BCUT2D eigenvalue weighted by Crippen LogP contribution is 2.17. The molecule has 6 heteroatoms. The van der Waals surface area contributed by atoms with Gasteiger partial charge in [0, 0.05) is 13.5 Å². The molecular formula is C20H25NO5. The van der Waals surface area contributed by atoms with Crippen molar-refractivity contribution >= 4 is 11.9 Å². The van der Waals surface area contributed by atoms with Crippen molar-refractivity contribution in [3.63, 3.8) is 0 Å². The summed E-state index contributed by atoms with van der Waals surface area (Å²) in [6.07, 6.45) is 1.93. The van der Waals surface area contributed by atoms with E-state index in [4.69, 9.17) is 14.3 Å². The third-order valence-electron chi connectivity index (χ3n) is 4.06. The van der Waals surface area contributed by atoms with E-state index in [1.54, 1.807) is 18.9 Å². The average molecular weight is 359 g/mol. The Bertz CT molecular complexity index is 765. The summed E-state index contributed by atoms with van der Waals surface area (Å²) in [4.78, 5) is 24.8. The molecule has 0 radical (unpaired) electrons. The predicted octanol–water partition coefficient (Wildman–Crippen LogP) is 3.80. The van der Waals surface area contributed by atoms with Crippen molar-refractivity contribution in [1.29, 1.82) is 0 Å². The number of aryl methyl sites for hydroxylation is 2. The number of aromatic carboxylic acids is 1. The van der Waals surface area contributed by atoms with Crippen molar-refractivity contribution in [3.8, 4) is 5.75 Å². The maximum atomic E-state index is 12.2. The Labute approximate surface area is 153 Å². The van der Waals surface area contributed by atoms with Gasteiger partial charge in [-0.3, -0.25) is 4.79 Å². The van der Waals surface area contributed by atoms with Crippen LogP contribution in [0.3, 0.4) is 0 Å². The topological polar surface area (TPSA) is 80.0 Å². The lowest BCUT2D eigenvalue weighted by Gasteiger charge is -2.15. The van der Waals surface area contributed by atoms with Crippen LogP contribution in [0.15, 0.2) is 34.7 Å². The molecule has 2 aromatic rings. The molecule has 1 heterocycles. The van der Waals surface area contributed by atoms with E-state index in [1.165, 1.54) is 6.07 Å². The number of nitrogens with zero attached hydrogens (tertiary/aromatic N) is 1. The van der Waals surface area contributed by atoms with Gasteiger partial charge in [0.15, 0.2) is 0 Å². The summed E-state index contributed by atoms with van der Waals surface area (Å²) in [6.45, 7) is 4.44. The number of benzene rings is 1. The molecule has 1 N–H and O–H groups in total. The van der Waals surface area contributed by atoms with E-state index in [9.17, 15) is 9.59 Å². The highest BCUT2D eigenvalue weighted by atomic mass is 16.5. The van der Waals surface area contributed by atoms with E-state index in [-0.39, 0.29) is 18.0 Å². The highest BCUT2D eigenvalue weighted by molar-refractivity contribution is 5.88. The molecule has 140 valence electrons. The molecule has 0 saturated carbocycles. The van der Waals surface area contributed by atoms with Gasteiger partial charge in [-0.2, -0.15) is 0 Å². The SMILES string of the molecule is Cc1cccc(OCCCCC(=O)N(C)Cc2cc(C(=O)O)c(C)o2)c1. The van der Waals surface area contributed by atoms with E-state index >= 15 is 0 Å². The van der Waals surface area contributed by atoms with Gasteiger partial charge in [-0.25, -0.2) is 4.79 Å². The van der Waals surface area contributed by atoms with Gasteiger partial charge in [-0.15, -0.1) is 0 Å². The molecule has 0 atom stereocenters. The van der Waals surface area contributed by atoms with E-state index in [2.05, 4.69) is 0 Å². The predicted molar refractivity (Wildman–Crippen MR) is 97.4 cm³/mol. The molecule has 0 bridgehead atoms. The van der Waals surface area contributed by atoms with Crippen LogP contribution in [0.25, 0.3) is 0 Å². The van der Waals surface area contributed by atoms with Gasteiger partial charge in [-0.05, 0) is 50.5 Å². The molecule has 0 spiro atoms. The molecule has 0 fully saturated rings. The van der Waals surface area contributed by atoms with Gasteiger partial charge in [0.2, 0.25) is 5.91 Å². The minimum absolute atomic E-state index is 0.00789. The second-order valence-electron chi connectivity index (χ2n) is 6.36. The molecule has 2 rings (SSSR count). The first kappa shape index (κ1) is 19.6. The summed E-state index contributed by atoms with van der Waals surface area (Å²) >= 11 is 0. The zero-order valence-corrected chi connectivity index (χ0v) is 15.4. The molecule has 0 aliphatic heterocycles. The first-order valence-electron chi connectivity index (χ1n) is 8.63. The van der Waals surface area contributed by atoms with E-state index < -0.39 is 5.97 Å². The van der Waals surface area contributed by atoms with Gasteiger partial charge in [0.05, 0.1) is 13.2 Å². The summed E-state index contributed by atoms with van der Waals surface area (Å²) in [6, 6.07) is 9.34. The Morgan fingerprint density at radius 1 is 1.19 bits per heavy atom. The van der Waals surface area contributed by atoms with Crippen LogP contribution in [0.5, 0.6) is 5.75 Å². The van der Waals surface area contributed by atoms with Gasteiger partial charge in [-0.1, -0.05) is 12.1 Å². The molecule has 1 amide bonds. The minimum Gasteiger partial charge on any atom is -0.494 e. The number of carboxylic acids is 1. The molecule has 26 heavy (non-hydrogen) atoms. The molecular weight excluding hydrogens is 334 g/mol. The van der Waals surface area contributed by atoms with Gasteiger partial charge >= 0.3 is 5.97 Å². The molecule has 0 unspecified atom stereocenters. The Morgan fingerprint density at radius 2 is 1.96 bits per heavy atom. The monoisotopic (exact) mass is 359 g/mol. The number of ether oxygens (including phenoxy) is 1. The summed E-state index contributed by atoms with van der Waals surface area (Å²) < 4.78 is 11.1. The molecule has 0 saturated heterocycles. The van der Waals surface area contributed by atoms with Crippen LogP contribution in [0, 0.1) is 13.8 Å². The number of hydrogen-bond acceptors (Lipinski definition) is 4. The standard InChI is InChI=1S/C20H25NO5/c1-14-7-6-8-16(11-14)25-10-5-4-9-19(22)21(3)13-17-12-18(20(23)24)15(2)26-17/h6-8,11-12H,4-5,9-10,13H2,1-3H3,(H,23,24). The number of unbranched alkanes of at least 4 members (excludes halogenated alkanes) is 1. The zero-order valence-electron chi connectivity index (χ0n) is 15.4. The second kappa shape index (κ2) is 9.08. The number of hydrogen-bond donors (Lipinski definition) is 1. The van der Waals surface area contributed by atoms with E-state index in [0.717, 1.165) is 24.2 Å². The van der Waals surface area contributed by atoms with Crippen molar-refractivity contribution in [2.45, 2.75) is 39.7 Å². The first-order valence-corrected chi connectivity index (χ1v) is 8.63. The normalized spacial score (nSPS) is 10.6. The minimum atomic E-state index is -1.03. The molecule has 1 aromatic carbocycles. The van der Waals surface area contributed by atoms with Crippen molar-refractivity contribution in [3.05, 3.63) is 53.0 Å². The van der Waals surface area contributed by atoms with Crippen LogP contribution in [0.2, 0.25) is 0 Å². The summed E-state index contributed by atoms with van der Waals surface area (Å²) in [5.74, 6) is 0.627. The fraction of sp³-hybridized carbons (Fsp3) is 0.400. The highest BCUT2D eigenvalue weighted by Gasteiger charge is 2.16. The zero-order chi connectivity index (χ0) is 19.1.